The fourth-order valence-electron chi connectivity index (χ4n) is 12.4. The number of hydrogen-bond acceptors (Lipinski definition) is 2. The summed E-state index contributed by atoms with van der Waals surface area (Å²) in [6.07, 6.45) is 4.06. The van der Waals surface area contributed by atoms with E-state index in [1.165, 1.54) is 98.7 Å². The van der Waals surface area contributed by atoms with Gasteiger partial charge in [-0.1, -0.05) is 152 Å². The van der Waals surface area contributed by atoms with Crippen molar-refractivity contribution in [3.63, 3.8) is 0 Å². The quantitative estimate of drug-likeness (QED) is 0.165. The van der Waals surface area contributed by atoms with Crippen LogP contribution in [0.25, 0.3) is 132 Å². The summed E-state index contributed by atoms with van der Waals surface area (Å²) in [7, 11) is 0. The lowest BCUT2D eigenvalue weighted by atomic mass is 9.84. The van der Waals surface area contributed by atoms with Gasteiger partial charge in [-0.05, 0) is 124 Å². The molecule has 1 aliphatic carbocycles. The van der Waals surface area contributed by atoms with E-state index in [0.717, 1.165) is 68.3 Å². The zero-order valence-electron chi connectivity index (χ0n) is 37.9. The van der Waals surface area contributed by atoms with Crippen molar-refractivity contribution < 1.29 is 9.15 Å². The zero-order valence-corrected chi connectivity index (χ0v) is 37.9. The molecule has 3 aromatic heterocycles. The van der Waals surface area contributed by atoms with E-state index in [0.29, 0.717) is 0 Å². The Hall–Kier alpha value is -9.12. The molecule has 4 heteroatoms. The van der Waals surface area contributed by atoms with Crippen molar-refractivity contribution in [3.8, 4) is 28.3 Å². The van der Waals surface area contributed by atoms with Crippen molar-refractivity contribution in [2.45, 2.75) is 12.8 Å². The smallest absolute Gasteiger partial charge is 0.136 e. The van der Waals surface area contributed by atoms with Gasteiger partial charge in [-0.2, -0.15) is 0 Å². The minimum atomic E-state index is 0.875. The van der Waals surface area contributed by atoms with Crippen LogP contribution in [0.5, 0.6) is 5.75 Å². The van der Waals surface area contributed by atoms with Crippen molar-refractivity contribution in [3.05, 3.63) is 235 Å². The van der Waals surface area contributed by atoms with Crippen molar-refractivity contribution in [2.75, 3.05) is 0 Å². The third kappa shape index (κ3) is 5.19. The van der Waals surface area contributed by atoms with Crippen LogP contribution in [0, 0.1) is 0 Å². The molecule has 0 amide bonds. The Morgan fingerprint density at radius 1 is 0.371 bits per heavy atom. The predicted molar refractivity (Wildman–Crippen MR) is 292 cm³/mol. The van der Waals surface area contributed by atoms with E-state index in [1.807, 2.05) is 0 Å². The highest BCUT2D eigenvalue weighted by molar-refractivity contribution is 6.25. The average molecular weight is 893 g/mol. The number of ether oxygens (including phenoxy) is 1. The lowest BCUT2D eigenvalue weighted by molar-refractivity contribution is 0.445. The summed E-state index contributed by atoms with van der Waals surface area (Å²) in [6.45, 7) is 0. The molecule has 70 heavy (non-hydrogen) atoms. The molecule has 14 aromatic rings. The molecule has 11 aromatic carbocycles. The fourth-order valence-corrected chi connectivity index (χ4v) is 12.4. The monoisotopic (exact) mass is 892 g/mol. The molecular weight excluding hydrogens is 853 g/mol. The molecule has 4 nitrogen and oxygen atoms in total. The van der Waals surface area contributed by atoms with Gasteiger partial charge in [0.1, 0.15) is 22.7 Å². The van der Waals surface area contributed by atoms with Gasteiger partial charge in [0.15, 0.2) is 0 Å². The SMILES string of the molecule is C1=C(c2ccc(-n3c4ccccc4c4ccccc43)cc2)CCC2=C1Oc1cccc3c1c2cc1oc2cc(-c4c5ccccc5c(-n5c6ccccc6c6ccccc65)c5ccccc45)ccc2c13. The second-order valence-corrected chi connectivity index (χ2v) is 19.0. The maximum Gasteiger partial charge on any atom is 0.136 e. The summed E-state index contributed by atoms with van der Waals surface area (Å²) in [4.78, 5) is 0. The summed E-state index contributed by atoms with van der Waals surface area (Å²) in [6, 6.07) is 77.4. The van der Waals surface area contributed by atoms with Gasteiger partial charge in [0.05, 0.1) is 27.8 Å². The number of allylic oxidation sites excluding steroid dienone is 3. The van der Waals surface area contributed by atoms with Crippen molar-refractivity contribution in [2.24, 2.45) is 0 Å². The highest BCUT2D eigenvalue weighted by Gasteiger charge is 2.28. The molecule has 4 heterocycles. The highest BCUT2D eigenvalue weighted by atomic mass is 16.5. The molecule has 0 bridgehead atoms. The first-order valence-electron chi connectivity index (χ1n) is 24.3. The van der Waals surface area contributed by atoms with Gasteiger partial charge in [0, 0.05) is 59.7 Å². The van der Waals surface area contributed by atoms with Gasteiger partial charge in [-0.15, -0.1) is 0 Å². The molecule has 0 spiro atoms. The zero-order chi connectivity index (χ0) is 45.6. The Morgan fingerprint density at radius 2 is 0.900 bits per heavy atom. The normalized spacial score (nSPS) is 13.7. The van der Waals surface area contributed by atoms with E-state index in [1.54, 1.807) is 0 Å². The van der Waals surface area contributed by atoms with Crippen LogP contribution in [0.3, 0.4) is 0 Å². The number of para-hydroxylation sites is 4. The largest absolute Gasteiger partial charge is 0.456 e. The standard InChI is InChI=1S/C66H40N2O2/c1-3-20-50-48(18-1)63(49-19-2-4-21-51(49)66(50)68-57-25-11-7-16-45(57)46-17-8-12-26-58(46)68)41-31-35-52-61(37-41)70-62-38-54-47-34-30-40(36-60(47)69-59-27-13-22-53(64(52)62)65(54)59)39-28-32-42(33-29-39)67-55-23-9-5-14-43(55)44-15-6-10-24-56(44)67/h1-29,31-33,35-38H,30,34H2. The van der Waals surface area contributed by atoms with Gasteiger partial charge < -0.3 is 18.3 Å². The Kier molecular flexibility index (Phi) is 7.69. The average Bonchev–Trinajstić information content (AvgIpc) is 4.08. The van der Waals surface area contributed by atoms with E-state index in [4.69, 9.17) is 9.15 Å². The molecule has 0 N–H and O–H groups in total. The second-order valence-electron chi connectivity index (χ2n) is 19.0. The summed E-state index contributed by atoms with van der Waals surface area (Å²) in [5.41, 5.74) is 16.2. The fraction of sp³-hybridized carbons (Fsp3) is 0.0303. The number of hydrogen-bond donors (Lipinski definition) is 0. The lowest BCUT2D eigenvalue weighted by Gasteiger charge is -2.27. The molecule has 0 radical (unpaired) electrons. The van der Waals surface area contributed by atoms with E-state index in [-0.39, 0.29) is 0 Å². The minimum Gasteiger partial charge on any atom is -0.456 e. The molecule has 326 valence electrons. The first-order valence-corrected chi connectivity index (χ1v) is 24.3. The number of furan rings is 1. The molecule has 0 unspecified atom stereocenters. The van der Waals surface area contributed by atoms with Gasteiger partial charge in [0.25, 0.3) is 0 Å². The third-order valence-electron chi connectivity index (χ3n) is 15.4. The minimum absolute atomic E-state index is 0.875. The summed E-state index contributed by atoms with van der Waals surface area (Å²) in [5.74, 6) is 1.81. The molecule has 2 aliphatic rings. The maximum atomic E-state index is 7.01. The molecule has 1 aliphatic heterocycles. The topological polar surface area (TPSA) is 32.2 Å². The van der Waals surface area contributed by atoms with E-state index < -0.39 is 0 Å². The number of fused-ring (bicyclic) bond motifs is 13. The molecule has 0 saturated heterocycles. The summed E-state index contributed by atoms with van der Waals surface area (Å²) < 4.78 is 18.8. The molecule has 0 atom stereocenters. The molecular formula is C66H40N2O2. The van der Waals surface area contributed by atoms with Crippen LogP contribution >= 0.6 is 0 Å². The number of benzene rings is 11. The molecule has 0 fully saturated rings. The van der Waals surface area contributed by atoms with Crippen LogP contribution in [0.15, 0.2) is 229 Å². The first-order chi connectivity index (χ1) is 34.7. The number of aromatic nitrogens is 2. The van der Waals surface area contributed by atoms with Gasteiger partial charge in [0.2, 0.25) is 0 Å². The Bertz CT molecular complexity index is 4510. The van der Waals surface area contributed by atoms with Gasteiger partial charge >= 0.3 is 0 Å². The van der Waals surface area contributed by atoms with E-state index in [2.05, 4.69) is 228 Å². The Balaban J connectivity index is 0.822. The molecule has 0 saturated carbocycles. The molecule has 16 rings (SSSR count). The van der Waals surface area contributed by atoms with Crippen LogP contribution < -0.4 is 4.74 Å². The number of rotatable bonds is 4. The predicted octanol–water partition coefficient (Wildman–Crippen LogP) is 17.9. The lowest BCUT2D eigenvalue weighted by Crippen LogP contribution is -2.09. The third-order valence-corrected chi connectivity index (χ3v) is 15.4. The second kappa shape index (κ2) is 14.2. The van der Waals surface area contributed by atoms with Crippen molar-refractivity contribution in [1.82, 2.24) is 9.13 Å². The summed E-state index contributed by atoms with van der Waals surface area (Å²) >= 11 is 0. The van der Waals surface area contributed by atoms with Gasteiger partial charge in [-0.3, -0.25) is 0 Å². The van der Waals surface area contributed by atoms with Crippen LogP contribution in [-0.2, 0) is 0 Å². The Labute approximate surface area is 401 Å². The Morgan fingerprint density at radius 3 is 1.51 bits per heavy atom. The van der Waals surface area contributed by atoms with E-state index >= 15 is 0 Å². The van der Waals surface area contributed by atoms with Crippen LogP contribution in [-0.4, -0.2) is 9.13 Å². The highest BCUT2D eigenvalue weighted by Crippen LogP contribution is 2.50. The van der Waals surface area contributed by atoms with Crippen molar-refractivity contribution >= 4 is 109 Å². The first kappa shape index (κ1) is 37.9. The maximum absolute atomic E-state index is 7.01. The van der Waals surface area contributed by atoms with Crippen LogP contribution in [0.1, 0.15) is 24.0 Å². The van der Waals surface area contributed by atoms with Crippen LogP contribution in [0.4, 0.5) is 0 Å². The van der Waals surface area contributed by atoms with E-state index in [9.17, 15) is 0 Å². The van der Waals surface area contributed by atoms with Crippen molar-refractivity contribution in [1.29, 1.82) is 0 Å². The number of nitrogens with zero attached hydrogens (tertiary/aromatic N) is 2. The summed E-state index contributed by atoms with van der Waals surface area (Å²) in [5, 5.41) is 14.4. The van der Waals surface area contributed by atoms with Crippen LogP contribution in [0.2, 0.25) is 0 Å². The van der Waals surface area contributed by atoms with Gasteiger partial charge in [-0.25, -0.2) is 0 Å².